The number of ether oxygens (including phenoxy) is 1. The van der Waals surface area contributed by atoms with Gasteiger partial charge < -0.3 is 9.64 Å². The number of aromatic nitrogens is 2. The van der Waals surface area contributed by atoms with Gasteiger partial charge >= 0.3 is 5.56 Å². The fourth-order valence-electron chi connectivity index (χ4n) is 4.09. The van der Waals surface area contributed by atoms with Gasteiger partial charge in [0.25, 0.3) is 0 Å². The third-order valence-corrected chi connectivity index (χ3v) is 6.90. The van der Waals surface area contributed by atoms with E-state index in [1.165, 1.54) is 16.8 Å². The molecule has 1 fully saturated rings. The Morgan fingerprint density at radius 3 is 2.49 bits per heavy atom. The van der Waals surface area contributed by atoms with Crippen molar-refractivity contribution in [2.24, 2.45) is 0 Å². The van der Waals surface area contributed by atoms with Crippen molar-refractivity contribution < 1.29 is 13.5 Å². The van der Waals surface area contributed by atoms with Gasteiger partial charge in [0.2, 0.25) is 5.75 Å². The Balaban J connectivity index is 1.72. The van der Waals surface area contributed by atoms with Crippen molar-refractivity contribution in [3.8, 4) is 11.4 Å². The molecule has 194 valence electrons. The summed E-state index contributed by atoms with van der Waals surface area (Å²) in [4.78, 5) is 15.5. The molecule has 0 atom stereocenters. The van der Waals surface area contributed by atoms with Crippen LogP contribution >= 0.6 is 11.9 Å². The van der Waals surface area contributed by atoms with Gasteiger partial charge in [-0.2, -0.15) is 9.78 Å². The van der Waals surface area contributed by atoms with Gasteiger partial charge in [0, 0.05) is 31.4 Å². The molecule has 0 spiro atoms. The maximum atomic E-state index is 13.8. The summed E-state index contributed by atoms with van der Waals surface area (Å²) in [6, 6.07) is 5.82. The first-order chi connectivity index (χ1) is 16.6. The molecule has 0 aliphatic carbocycles. The average molecular weight is 509 g/mol. The van der Waals surface area contributed by atoms with Gasteiger partial charge in [-0.15, -0.1) is 0 Å². The van der Waals surface area contributed by atoms with Crippen LogP contribution in [0.4, 0.5) is 14.5 Å². The average Bonchev–Trinajstić information content (AvgIpc) is 2.78. The molecule has 35 heavy (non-hydrogen) atoms. The van der Waals surface area contributed by atoms with Gasteiger partial charge in [0.15, 0.2) is 0 Å². The molecule has 0 radical (unpaired) electrons. The van der Waals surface area contributed by atoms with Crippen molar-refractivity contribution in [1.82, 2.24) is 14.1 Å². The van der Waals surface area contributed by atoms with E-state index in [1.807, 2.05) is 11.9 Å². The fourth-order valence-corrected chi connectivity index (χ4v) is 5.06. The first kappa shape index (κ1) is 27.5. The zero-order valence-electron chi connectivity index (χ0n) is 21.3. The minimum Gasteiger partial charge on any atom is -0.486 e. The SMILES string of the molecule is CC(C)SN1CCN(c2cnn(-c3cccc(F)c3)c(=O)c2OCCCCCCC(C)(C)F)CC1. The van der Waals surface area contributed by atoms with E-state index in [-0.39, 0.29) is 5.75 Å². The lowest BCUT2D eigenvalue weighted by Gasteiger charge is -2.36. The Bertz CT molecular complexity index is 1000. The quantitative estimate of drug-likeness (QED) is 0.274. The number of alkyl halides is 1. The normalized spacial score (nSPS) is 15.1. The van der Waals surface area contributed by atoms with Crippen molar-refractivity contribution in [2.75, 3.05) is 37.7 Å². The molecule has 1 aromatic heterocycles. The Morgan fingerprint density at radius 1 is 1.11 bits per heavy atom. The predicted molar refractivity (Wildman–Crippen MR) is 140 cm³/mol. The second-order valence-electron chi connectivity index (χ2n) is 9.86. The molecule has 3 rings (SSSR count). The zero-order valence-corrected chi connectivity index (χ0v) is 22.1. The van der Waals surface area contributed by atoms with Crippen molar-refractivity contribution in [1.29, 1.82) is 0 Å². The lowest BCUT2D eigenvalue weighted by Crippen LogP contribution is -2.44. The van der Waals surface area contributed by atoms with Gasteiger partial charge in [0.1, 0.15) is 17.2 Å². The highest BCUT2D eigenvalue weighted by Gasteiger charge is 2.24. The lowest BCUT2D eigenvalue weighted by atomic mass is 10.0. The molecule has 0 unspecified atom stereocenters. The predicted octanol–water partition coefficient (Wildman–Crippen LogP) is 5.63. The van der Waals surface area contributed by atoms with E-state index in [4.69, 9.17) is 4.74 Å². The highest BCUT2D eigenvalue weighted by atomic mass is 32.2. The van der Waals surface area contributed by atoms with E-state index in [0.29, 0.717) is 29.7 Å². The Hall–Kier alpha value is -2.13. The van der Waals surface area contributed by atoms with E-state index in [2.05, 4.69) is 28.2 Å². The van der Waals surface area contributed by atoms with Gasteiger partial charge in [-0.1, -0.05) is 51.1 Å². The summed E-state index contributed by atoms with van der Waals surface area (Å²) in [6.45, 7) is 11.2. The number of anilines is 1. The third kappa shape index (κ3) is 8.49. The monoisotopic (exact) mass is 508 g/mol. The summed E-state index contributed by atoms with van der Waals surface area (Å²) in [5.74, 6) is -0.183. The number of unbranched alkanes of at least 4 members (excludes halogenated alkanes) is 3. The van der Waals surface area contributed by atoms with Crippen LogP contribution in [0.25, 0.3) is 5.69 Å². The van der Waals surface area contributed by atoms with E-state index in [9.17, 15) is 13.6 Å². The van der Waals surface area contributed by atoms with Crippen molar-refractivity contribution >= 4 is 17.6 Å². The molecule has 0 saturated carbocycles. The highest BCUT2D eigenvalue weighted by Crippen LogP contribution is 2.28. The largest absolute Gasteiger partial charge is 0.486 e. The summed E-state index contributed by atoms with van der Waals surface area (Å²) < 4.78 is 37.0. The lowest BCUT2D eigenvalue weighted by molar-refractivity contribution is 0.194. The second kappa shape index (κ2) is 12.7. The minimum atomic E-state index is -1.14. The van der Waals surface area contributed by atoms with E-state index in [1.54, 1.807) is 32.2 Å². The molecule has 0 N–H and O–H groups in total. The first-order valence-corrected chi connectivity index (χ1v) is 13.3. The van der Waals surface area contributed by atoms with Crippen molar-refractivity contribution in [3.63, 3.8) is 0 Å². The molecule has 0 bridgehead atoms. The Kier molecular flexibility index (Phi) is 9.98. The van der Waals surface area contributed by atoms with E-state index in [0.717, 1.165) is 51.9 Å². The maximum Gasteiger partial charge on any atom is 0.316 e. The van der Waals surface area contributed by atoms with Crippen LogP contribution in [0.5, 0.6) is 5.75 Å². The van der Waals surface area contributed by atoms with Gasteiger partial charge in [0.05, 0.1) is 18.5 Å². The maximum absolute atomic E-state index is 13.8. The van der Waals surface area contributed by atoms with Crippen LogP contribution < -0.4 is 15.2 Å². The van der Waals surface area contributed by atoms with Crippen LogP contribution in [-0.2, 0) is 0 Å². The molecule has 1 aliphatic heterocycles. The molecule has 9 heteroatoms. The number of hydrogen-bond acceptors (Lipinski definition) is 6. The van der Waals surface area contributed by atoms with Gasteiger partial charge in [-0.25, -0.2) is 13.1 Å². The van der Waals surface area contributed by atoms with E-state index < -0.39 is 17.0 Å². The van der Waals surface area contributed by atoms with Crippen LogP contribution in [0.1, 0.15) is 59.8 Å². The first-order valence-electron chi connectivity index (χ1n) is 12.5. The smallest absolute Gasteiger partial charge is 0.316 e. The Morgan fingerprint density at radius 2 is 1.83 bits per heavy atom. The molecule has 2 heterocycles. The van der Waals surface area contributed by atoms with Crippen LogP contribution in [-0.4, -0.2) is 57.8 Å². The molecule has 6 nitrogen and oxygen atoms in total. The fraction of sp³-hybridized carbons (Fsp3) is 0.615. The molecule has 0 amide bonds. The second-order valence-corrected chi connectivity index (χ2v) is 11.5. The topological polar surface area (TPSA) is 50.6 Å². The highest BCUT2D eigenvalue weighted by molar-refractivity contribution is 7.97. The molecular formula is C26H38F2N4O2S. The van der Waals surface area contributed by atoms with E-state index >= 15 is 0 Å². The summed E-state index contributed by atoms with van der Waals surface area (Å²) >= 11 is 1.84. The Labute approximate surface area is 211 Å². The number of halogens is 2. The van der Waals surface area contributed by atoms with Crippen LogP contribution in [0.2, 0.25) is 0 Å². The van der Waals surface area contributed by atoms with Gasteiger partial charge in [-0.3, -0.25) is 4.79 Å². The standard InChI is InChI=1S/C26H38F2N4O2S/c1-20(2)35-31-15-13-30(14-16-31)23-19-29-32(22-11-9-10-21(27)18-22)25(33)24(23)34-17-8-6-5-7-12-26(3,4)28/h9-11,18-20H,5-8,12-17H2,1-4H3. The van der Waals surface area contributed by atoms with Crippen LogP contribution in [0.15, 0.2) is 35.3 Å². The number of nitrogens with zero attached hydrogens (tertiary/aromatic N) is 4. The van der Waals surface area contributed by atoms with Crippen molar-refractivity contribution in [2.45, 2.75) is 70.7 Å². The molecule has 1 aliphatic rings. The van der Waals surface area contributed by atoms with Crippen LogP contribution in [0, 0.1) is 5.82 Å². The zero-order chi connectivity index (χ0) is 25.4. The summed E-state index contributed by atoms with van der Waals surface area (Å²) in [7, 11) is 0. The third-order valence-electron chi connectivity index (χ3n) is 5.82. The van der Waals surface area contributed by atoms with Gasteiger partial charge in [-0.05, 0) is 44.9 Å². The van der Waals surface area contributed by atoms with Crippen LogP contribution in [0.3, 0.4) is 0 Å². The number of rotatable bonds is 12. The molecule has 1 aromatic carbocycles. The number of benzene rings is 1. The summed E-state index contributed by atoms with van der Waals surface area (Å²) in [6.07, 6.45) is 5.61. The molecule has 2 aromatic rings. The molecular weight excluding hydrogens is 470 g/mol. The molecule has 1 saturated heterocycles. The minimum absolute atomic E-state index is 0.249. The summed E-state index contributed by atoms with van der Waals surface area (Å²) in [5, 5.41) is 4.87. The van der Waals surface area contributed by atoms with Crippen molar-refractivity contribution in [3.05, 3.63) is 46.6 Å². The summed E-state index contributed by atoms with van der Waals surface area (Å²) in [5.41, 5.74) is -0.497. The number of piperazine rings is 1. The number of hydrogen-bond donors (Lipinski definition) is 0.